The zero-order valence-electron chi connectivity index (χ0n) is 16.4. The molecule has 7 heteroatoms. The van der Waals surface area contributed by atoms with E-state index < -0.39 is 18.2 Å². The van der Waals surface area contributed by atoms with Crippen LogP contribution in [0.15, 0.2) is 24.3 Å². The number of nitrogens with zero attached hydrogens (tertiary/aromatic N) is 1. The molecule has 2 saturated heterocycles. The molecule has 2 aliphatic rings. The summed E-state index contributed by atoms with van der Waals surface area (Å²) in [6.45, 7) is 7.47. The summed E-state index contributed by atoms with van der Waals surface area (Å²) >= 11 is 6.37. The molecule has 0 aromatic heterocycles. The van der Waals surface area contributed by atoms with Gasteiger partial charge in [-0.05, 0) is 42.2 Å². The van der Waals surface area contributed by atoms with Gasteiger partial charge in [-0.25, -0.2) is 4.79 Å². The number of ether oxygens (including phenoxy) is 1. The average molecular weight is 418 g/mol. The van der Waals surface area contributed by atoms with E-state index in [4.69, 9.17) is 16.3 Å². The maximum atomic E-state index is 12.7. The average Bonchev–Trinajstić information content (AvgIpc) is 2.59. The van der Waals surface area contributed by atoms with Crippen molar-refractivity contribution in [1.29, 1.82) is 0 Å². The first-order chi connectivity index (χ1) is 13.0. The number of alkyl halides is 3. The Balaban J connectivity index is 1.78. The molecular formula is C21H27ClF3NO2. The largest absolute Gasteiger partial charge is 0.490 e. The number of rotatable bonds is 2. The number of piperidine rings is 2. The quantitative estimate of drug-likeness (QED) is 0.601. The summed E-state index contributed by atoms with van der Waals surface area (Å²) in [6, 6.07) is 7.93. The van der Waals surface area contributed by atoms with Crippen LogP contribution in [0.25, 0.3) is 0 Å². The number of esters is 1. The van der Waals surface area contributed by atoms with Crippen molar-refractivity contribution in [2.24, 2.45) is 11.3 Å². The maximum Gasteiger partial charge on any atom is 0.490 e. The lowest BCUT2D eigenvalue weighted by Crippen LogP contribution is -2.59. The van der Waals surface area contributed by atoms with Crippen molar-refractivity contribution in [3.05, 3.63) is 34.9 Å². The van der Waals surface area contributed by atoms with Crippen LogP contribution in [-0.4, -0.2) is 42.3 Å². The minimum absolute atomic E-state index is 0.0959. The van der Waals surface area contributed by atoms with E-state index in [1.165, 1.54) is 0 Å². The van der Waals surface area contributed by atoms with Crippen LogP contribution in [0.3, 0.4) is 0 Å². The molecular weight excluding hydrogens is 391 g/mol. The van der Waals surface area contributed by atoms with Crippen LogP contribution in [0.5, 0.6) is 0 Å². The predicted octanol–water partition coefficient (Wildman–Crippen LogP) is 5.43. The van der Waals surface area contributed by atoms with Gasteiger partial charge in [-0.1, -0.05) is 50.6 Å². The third-order valence-corrected chi connectivity index (χ3v) is 6.43. The van der Waals surface area contributed by atoms with Crippen molar-refractivity contribution >= 4 is 17.6 Å². The van der Waals surface area contributed by atoms with Gasteiger partial charge in [-0.3, -0.25) is 4.90 Å². The lowest BCUT2D eigenvalue weighted by atomic mass is 9.66. The lowest BCUT2D eigenvalue weighted by molar-refractivity contribution is -0.214. The Morgan fingerprint density at radius 1 is 1.14 bits per heavy atom. The fraction of sp³-hybridized carbons (Fsp3) is 0.667. The molecule has 1 aromatic rings. The summed E-state index contributed by atoms with van der Waals surface area (Å²) in [5.41, 5.74) is 0.845. The van der Waals surface area contributed by atoms with E-state index in [9.17, 15) is 18.0 Å². The molecule has 2 aliphatic heterocycles. The SMILES string of the molecule is CC(C)(C)C1[C@H]2CC[C@H](c3ccccc3Cl)CN2CC[C@H]1OC(=O)C(F)(F)F. The predicted molar refractivity (Wildman–Crippen MR) is 102 cm³/mol. The molecule has 0 aliphatic carbocycles. The van der Waals surface area contributed by atoms with Crippen molar-refractivity contribution in [3.63, 3.8) is 0 Å². The van der Waals surface area contributed by atoms with Crippen LogP contribution in [0.4, 0.5) is 13.2 Å². The highest BCUT2D eigenvalue weighted by Gasteiger charge is 2.50. The first-order valence-electron chi connectivity index (χ1n) is 9.74. The molecule has 3 nitrogen and oxygen atoms in total. The summed E-state index contributed by atoms with van der Waals surface area (Å²) < 4.78 is 43.2. The molecule has 2 heterocycles. The third-order valence-electron chi connectivity index (χ3n) is 6.09. The number of benzene rings is 1. The van der Waals surface area contributed by atoms with E-state index in [0.717, 1.165) is 30.0 Å². The van der Waals surface area contributed by atoms with E-state index in [-0.39, 0.29) is 17.4 Å². The smallest absolute Gasteiger partial charge is 0.455 e. The molecule has 0 amide bonds. The van der Waals surface area contributed by atoms with Gasteiger partial charge in [0.1, 0.15) is 6.10 Å². The van der Waals surface area contributed by atoms with Crippen molar-refractivity contribution in [2.45, 2.75) is 64.3 Å². The standard InChI is InChI=1S/C21H27ClF3NO2/c1-20(2,3)18-16-9-8-13(14-6-4-5-7-15(14)22)12-26(16)11-10-17(18)28-19(27)21(23,24)25/h4-7,13,16-18H,8-12H2,1-3H3/t13-,16+,17+,18?/m0/s1. The molecule has 3 rings (SSSR count). The zero-order chi connectivity index (χ0) is 20.7. The van der Waals surface area contributed by atoms with Crippen LogP contribution in [-0.2, 0) is 9.53 Å². The molecule has 0 radical (unpaired) electrons. The normalized spacial score (nSPS) is 29.2. The van der Waals surface area contributed by atoms with Gasteiger partial charge < -0.3 is 4.74 Å². The highest BCUT2D eigenvalue weighted by molar-refractivity contribution is 6.31. The second kappa shape index (κ2) is 7.86. The molecule has 2 fully saturated rings. The van der Waals surface area contributed by atoms with Gasteiger partial charge in [0, 0.05) is 30.1 Å². The topological polar surface area (TPSA) is 29.5 Å². The first kappa shape index (κ1) is 21.4. The van der Waals surface area contributed by atoms with Gasteiger partial charge in [-0.2, -0.15) is 13.2 Å². The first-order valence-corrected chi connectivity index (χ1v) is 10.1. The number of fused-ring (bicyclic) bond motifs is 1. The van der Waals surface area contributed by atoms with Crippen LogP contribution >= 0.6 is 11.6 Å². The molecule has 0 bridgehead atoms. The molecule has 0 N–H and O–H groups in total. The van der Waals surface area contributed by atoms with E-state index in [2.05, 4.69) is 4.90 Å². The summed E-state index contributed by atoms with van der Waals surface area (Å²) in [5.74, 6) is -1.93. The summed E-state index contributed by atoms with van der Waals surface area (Å²) in [7, 11) is 0. The highest BCUT2D eigenvalue weighted by atomic mass is 35.5. The van der Waals surface area contributed by atoms with Gasteiger partial charge in [0.05, 0.1) is 0 Å². The van der Waals surface area contributed by atoms with E-state index >= 15 is 0 Å². The van der Waals surface area contributed by atoms with Gasteiger partial charge in [-0.15, -0.1) is 0 Å². The van der Waals surface area contributed by atoms with Crippen molar-refractivity contribution in [2.75, 3.05) is 13.1 Å². The van der Waals surface area contributed by atoms with E-state index in [0.29, 0.717) is 18.9 Å². The molecule has 28 heavy (non-hydrogen) atoms. The van der Waals surface area contributed by atoms with Crippen molar-refractivity contribution in [1.82, 2.24) is 4.90 Å². The fourth-order valence-electron chi connectivity index (χ4n) is 4.98. The number of hydrogen-bond acceptors (Lipinski definition) is 3. The Hall–Kier alpha value is -1.27. The zero-order valence-corrected chi connectivity index (χ0v) is 17.2. The Kier molecular flexibility index (Phi) is 6.02. The molecule has 0 spiro atoms. The van der Waals surface area contributed by atoms with Crippen LogP contribution in [0.1, 0.15) is 51.5 Å². The van der Waals surface area contributed by atoms with E-state index in [1.54, 1.807) is 0 Å². The monoisotopic (exact) mass is 417 g/mol. The van der Waals surface area contributed by atoms with Crippen LogP contribution < -0.4 is 0 Å². The van der Waals surface area contributed by atoms with Gasteiger partial charge in [0.15, 0.2) is 0 Å². The second-order valence-corrected chi connectivity index (χ2v) is 9.39. The molecule has 1 unspecified atom stereocenters. The highest BCUT2D eigenvalue weighted by Crippen LogP contribution is 2.45. The fourth-order valence-corrected chi connectivity index (χ4v) is 5.27. The third kappa shape index (κ3) is 4.48. The number of carbonyl (C=O) groups excluding carboxylic acids is 1. The lowest BCUT2D eigenvalue weighted by Gasteiger charge is -2.53. The van der Waals surface area contributed by atoms with Gasteiger partial charge in [0.2, 0.25) is 0 Å². The Labute approximate surface area is 169 Å². The van der Waals surface area contributed by atoms with E-state index in [1.807, 2.05) is 45.0 Å². The Bertz CT molecular complexity index is 716. The Morgan fingerprint density at radius 3 is 2.43 bits per heavy atom. The number of halogens is 4. The molecule has 0 saturated carbocycles. The summed E-state index contributed by atoms with van der Waals surface area (Å²) in [5, 5.41) is 0.757. The summed E-state index contributed by atoms with van der Waals surface area (Å²) in [4.78, 5) is 13.8. The number of hydrogen-bond donors (Lipinski definition) is 0. The molecule has 156 valence electrons. The molecule has 1 aromatic carbocycles. The van der Waals surface area contributed by atoms with Gasteiger partial charge >= 0.3 is 12.1 Å². The Morgan fingerprint density at radius 2 is 1.82 bits per heavy atom. The number of carbonyl (C=O) groups is 1. The van der Waals surface area contributed by atoms with Crippen molar-refractivity contribution in [3.8, 4) is 0 Å². The minimum Gasteiger partial charge on any atom is -0.455 e. The molecule has 4 atom stereocenters. The minimum atomic E-state index is -4.96. The van der Waals surface area contributed by atoms with Crippen LogP contribution in [0.2, 0.25) is 5.02 Å². The van der Waals surface area contributed by atoms with Crippen molar-refractivity contribution < 1.29 is 22.7 Å². The maximum absolute atomic E-state index is 12.7. The second-order valence-electron chi connectivity index (χ2n) is 8.98. The van der Waals surface area contributed by atoms with Crippen LogP contribution in [0, 0.1) is 11.3 Å². The van der Waals surface area contributed by atoms with Gasteiger partial charge in [0.25, 0.3) is 0 Å². The summed E-state index contributed by atoms with van der Waals surface area (Å²) in [6.07, 6.45) is -3.50.